The van der Waals surface area contributed by atoms with Gasteiger partial charge in [0.25, 0.3) is 5.91 Å². The zero-order valence-corrected chi connectivity index (χ0v) is 15.6. The first kappa shape index (κ1) is 18.4. The van der Waals surface area contributed by atoms with Crippen LogP contribution in [-0.2, 0) is 13.1 Å². The van der Waals surface area contributed by atoms with Crippen molar-refractivity contribution in [2.24, 2.45) is 0 Å². The Morgan fingerprint density at radius 1 is 1.21 bits per heavy atom. The second kappa shape index (κ2) is 8.39. The number of piperidine rings is 1. The van der Waals surface area contributed by atoms with E-state index in [0.29, 0.717) is 36.7 Å². The average Bonchev–Trinajstić information content (AvgIpc) is 3.37. The molecule has 0 unspecified atom stereocenters. The van der Waals surface area contributed by atoms with Crippen molar-refractivity contribution in [3.63, 3.8) is 0 Å². The van der Waals surface area contributed by atoms with E-state index in [9.17, 15) is 9.18 Å². The molecule has 1 aromatic carbocycles. The number of nitrogens with zero attached hydrogens (tertiary/aromatic N) is 3. The number of carbonyl (C=O) groups is 1. The van der Waals surface area contributed by atoms with Gasteiger partial charge in [-0.3, -0.25) is 14.4 Å². The van der Waals surface area contributed by atoms with Gasteiger partial charge in [0.1, 0.15) is 11.6 Å². The van der Waals surface area contributed by atoms with Gasteiger partial charge >= 0.3 is 0 Å². The largest absolute Gasteiger partial charge is 0.454 e. The third kappa shape index (κ3) is 4.48. The minimum Gasteiger partial charge on any atom is -0.454 e. The Morgan fingerprint density at radius 2 is 2.11 bits per heavy atom. The Bertz CT molecular complexity index is 922. The molecule has 3 aromatic rings. The van der Waals surface area contributed by atoms with Crippen molar-refractivity contribution in [2.75, 3.05) is 13.1 Å². The number of hydrogen-bond acceptors (Lipinski definition) is 4. The quantitative estimate of drug-likeness (QED) is 0.712. The van der Waals surface area contributed by atoms with Crippen LogP contribution >= 0.6 is 0 Å². The van der Waals surface area contributed by atoms with Crippen LogP contribution in [0.15, 0.2) is 59.3 Å². The van der Waals surface area contributed by atoms with E-state index in [0.717, 1.165) is 19.4 Å². The lowest BCUT2D eigenvalue weighted by molar-refractivity contribution is 0.0870. The zero-order valence-electron chi connectivity index (χ0n) is 15.6. The van der Waals surface area contributed by atoms with E-state index in [1.165, 1.54) is 6.07 Å². The van der Waals surface area contributed by atoms with Gasteiger partial charge < -0.3 is 9.73 Å². The number of nitrogens with one attached hydrogen (secondary N) is 1. The molecule has 4 rings (SSSR count). The van der Waals surface area contributed by atoms with Gasteiger partial charge in [-0.2, -0.15) is 5.10 Å². The number of rotatable bonds is 6. The molecular weight excluding hydrogens is 359 g/mol. The molecule has 0 spiro atoms. The first-order valence-electron chi connectivity index (χ1n) is 9.50. The number of amides is 1. The van der Waals surface area contributed by atoms with E-state index < -0.39 is 0 Å². The molecule has 0 saturated carbocycles. The first-order chi connectivity index (χ1) is 13.7. The molecule has 0 aliphatic carbocycles. The fourth-order valence-corrected chi connectivity index (χ4v) is 3.58. The summed E-state index contributed by atoms with van der Waals surface area (Å²) in [5.74, 6) is 0.575. The first-order valence-corrected chi connectivity index (χ1v) is 9.50. The molecular formula is C21H23FN4O2. The van der Waals surface area contributed by atoms with E-state index in [1.54, 1.807) is 29.1 Å². The fourth-order valence-electron chi connectivity index (χ4n) is 3.58. The highest BCUT2D eigenvalue weighted by Gasteiger charge is 2.23. The summed E-state index contributed by atoms with van der Waals surface area (Å²) in [6.07, 6.45) is 5.41. The summed E-state index contributed by atoms with van der Waals surface area (Å²) in [7, 11) is 0. The predicted octanol–water partition coefficient (Wildman–Crippen LogP) is 3.06. The van der Waals surface area contributed by atoms with Gasteiger partial charge in [-0.15, -0.1) is 0 Å². The van der Waals surface area contributed by atoms with E-state index in [2.05, 4.69) is 15.3 Å². The van der Waals surface area contributed by atoms with E-state index in [4.69, 9.17) is 4.42 Å². The Labute approximate surface area is 162 Å². The second-order valence-corrected chi connectivity index (χ2v) is 7.11. The molecule has 0 radical (unpaired) electrons. The second-order valence-electron chi connectivity index (χ2n) is 7.11. The summed E-state index contributed by atoms with van der Waals surface area (Å²) in [4.78, 5) is 14.7. The van der Waals surface area contributed by atoms with Crippen LogP contribution in [0.25, 0.3) is 0 Å². The monoisotopic (exact) mass is 382 g/mol. The zero-order chi connectivity index (χ0) is 19.3. The molecule has 1 saturated heterocycles. The van der Waals surface area contributed by atoms with Gasteiger partial charge in [0, 0.05) is 37.1 Å². The molecule has 28 heavy (non-hydrogen) atoms. The lowest BCUT2D eigenvalue weighted by Crippen LogP contribution is -2.47. The highest BCUT2D eigenvalue weighted by Crippen LogP contribution is 2.17. The number of aromatic nitrogens is 2. The maximum absolute atomic E-state index is 13.9. The fraction of sp³-hybridized carbons (Fsp3) is 0.333. The van der Waals surface area contributed by atoms with Crippen molar-refractivity contribution in [1.82, 2.24) is 20.0 Å². The number of furan rings is 1. The molecule has 1 aliphatic rings. The standard InChI is InChI=1S/C21H23FN4O2/c22-19-7-2-1-5-16(19)13-25-11-3-6-17(14-25)24-21(27)20-9-8-18(28-20)15-26-12-4-10-23-26/h1-2,4-5,7-10,12,17H,3,6,11,13-15H2,(H,24,27)/t17-/m0/s1. The third-order valence-electron chi connectivity index (χ3n) is 4.95. The number of halogens is 1. The molecule has 1 amide bonds. The van der Waals surface area contributed by atoms with Crippen molar-refractivity contribution < 1.29 is 13.6 Å². The molecule has 0 bridgehead atoms. The van der Waals surface area contributed by atoms with Crippen LogP contribution in [0.5, 0.6) is 0 Å². The normalized spacial score (nSPS) is 17.5. The minimum absolute atomic E-state index is 0.0210. The summed E-state index contributed by atoms with van der Waals surface area (Å²) < 4.78 is 21.3. The average molecular weight is 382 g/mol. The topological polar surface area (TPSA) is 63.3 Å². The summed E-state index contributed by atoms with van der Waals surface area (Å²) in [6, 6.07) is 12.2. The van der Waals surface area contributed by atoms with Gasteiger partial charge in [0.2, 0.25) is 0 Å². The van der Waals surface area contributed by atoms with E-state index >= 15 is 0 Å². The molecule has 3 heterocycles. The molecule has 6 nitrogen and oxygen atoms in total. The molecule has 1 N–H and O–H groups in total. The maximum Gasteiger partial charge on any atom is 0.287 e. The highest BCUT2D eigenvalue weighted by molar-refractivity contribution is 5.91. The molecule has 7 heteroatoms. The number of carbonyl (C=O) groups excluding carboxylic acids is 1. The lowest BCUT2D eigenvalue weighted by atomic mass is 10.0. The van der Waals surface area contributed by atoms with Gasteiger partial charge in [0.15, 0.2) is 5.76 Å². The van der Waals surface area contributed by atoms with Crippen molar-refractivity contribution in [3.05, 3.63) is 77.8 Å². The number of likely N-dealkylation sites (tertiary alicyclic amines) is 1. The van der Waals surface area contributed by atoms with Crippen LogP contribution in [0.3, 0.4) is 0 Å². The Balaban J connectivity index is 1.33. The lowest BCUT2D eigenvalue weighted by Gasteiger charge is -2.33. The summed E-state index contributed by atoms with van der Waals surface area (Å²) >= 11 is 0. The summed E-state index contributed by atoms with van der Waals surface area (Å²) in [5, 5.41) is 7.18. The molecule has 146 valence electrons. The molecule has 1 fully saturated rings. The van der Waals surface area contributed by atoms with Crippen LogP contribution in [0, 0.1) is 5.82 Å². The predicted molar refractivity (Wildman–Crippen MR) is 102 cm³/mol. The van der Waals surface area contributed by atoms with Crippen molar-refractivity contribution >= 4 is 5.91 Å². The third-order valence-corrected chi connectivity index (χ3v) is 4.95. The van der Waals surface area contributed by atoms with Crippen molar-refractivity contribution in [3.8, 4) is 0 Å². The van der Waals surface area contributed by atoms with Crippen LogP contribution in [-0.4, -0.2) is 39.7 Å². The Kier molecular flexibility index (Phi) is 5.53. The summed E-state index contributed by atoms with van der Waals surface area (Å²) in [5.41, 5.74) is 0.684. The molecule has 2 aromatic heterocycles. The smallest absolute Gasteiger partial charge is 0.287 e. The molecule has 1 aliphatic heterocycles. The summed E-state index contributed by atoms with van der Waals surface area (Å²) in [6.45, 7) is 2.63. The van der Waals surface area contributed by atoms with Crippen LogP contribution in [0.4, 0.5) is 4.39 Å². The minimum atomic E-state index is -0.218. The highest BCUT2D eigenvalue weighted by atomic mass is 19.1. The van der Waals surface area contributed by atoms with Crippen LogP contribution in [0.2, 0.25) is 0 Å². The SMILES string of the molecule is O=C(N[C@H]1CCCN(Cc2ccccc2F)C1)c1ccc(Cn2cccn2)o1. The Morgan fingerprint density at radius 3 is 2.93 bits per heavy atom. The van der Waals surface area contributed by atoms with E-state index in [1.807, 2.05) is 24.4 Å². The van der Waals surface area contributed by atoms with Crippen molar-refractivity contribution in [2.45, 2.75) is 32.0 Å². The van der Waals surface area contributed by atoms with Gasteiger partial charge in [-0.05, 0) is 43.7 Å². The van der Waals surface area contributed by atoms with Gasteiger partial charge in [-0.1, -0.05) is 18.2 Å². The van der Waals surface area contributed by atoms with Gasteiger partial charge in [-0.25, -0.2) is 4.39 Å². The van der Waals surface area contributed by atoms with Crippen molar-refractivity contribution in [1.29, 1.82) is 0 Å². The van der Waals surface area contributed by atoms with E-state index in [-0.39, 0.29) is 17.8 Å². The van der Waals surface area contributed by atoms with Crippen LogP contribution < -0.4 is 5.32 Å². The number of hydrogen-bond donors (Lipinski definition) is 1. The number of benzene rings is 1. The maximum atomic E-state index is 13.9. The van der Waals surface area contributed by atoms with Crippen LogP contribution in [0.1, 0.15) is 34.7 Å². The Hall–Kier alpha value is -2.93. The molecule has 1 atom stereocenters. The van der Waals surface area contributed by atoms with Gasteiger partial charge in [0.05, 0.1) is 6.54 Å².